The van der Waals surface area contributed by atoms with Gasteiger partial charge >= 0.3 is 0 Å². The van der Waals surface area contributed by atoms with E-state index in [1.165, 1.54) is 19.3 Å². The lowest BCUT2D eigenvalue weighted by Crippen LogP contribution is -2.38. The second-order valence-corrected chi connectivity index (χ2v) is 5.83. The number of nitrogen functional groups attached to an aromatic ring is 1. The summed E-state index contributed by atoms with van der Waals surface area (Å²) in [7, 11) is 0. The Morgan fingerprint density at radius 1 is 1.33 bits per heavy atom. The third kappa shape index (κ3) is 1.98. The van der Waals surface area contributed by atoms with Crippen molar-refractivity contribution < 1.29 is 4.79 Å². The van der Waals surface area contributed by atoms with Gasteiger partial charge in [0.05, 0.1) is 0 Å². The van der Waals surface area contributed by atoms with E-state index >= 15 is 0 Å². The molecule has 0 radical (unpaired) electrons. The zero-order valence-corrected chi connectivity index (χ0v) is 10.8. The van der Waals surface area contributed by atoms with Gasteiger partial charge < -0.3 is 11.1 Å². The standard InChI is InChI=1S/C15H20N2O/c1-9-2-5-12(16)8-13(9)15(18)17-14-7-10-3-4-11(14)6-10/h2,5,8,10-11,14H,3-4,6-7,16H2,1H3,(H,17,18). The van der Waals surface area contributed by atoms with Gasteiger partial charge in [0.15, 0.2) is 0 Å². The number of rotatable bonds is 2. The van der Waals surface area contributed by atoms with Crippen molar-refractivity contribution in [1.29, 1.82) is 0 Å². The predicted octanol–water partition coefficient (Wildman–Crippen LogP) is 2.50. The Labute approximate surface area is 108 Å². The first-order chi connectivity index (χ1) is 8.63. The first kappa shape index (κ1) is 11.6. The molecule has 2 saturated carbocycles. The van der Waals surface area contributed by atoms with Crippen molar-refractivity contribution in [1.82, 2.24) is 5.32 Å². The highest BCUT2D eigenvalue weighted by Gasteiger charge is 2.40. The molecule has 1 amide bonds. The smallest absolute Gasteiger partial charge is 0.251 e. The fraction of sp³-hybridized carbons (Fsp3) is 0.533. The van der Waals surface area contributed by atoms with Gasteiger partial charge in [-0.15, -0.1) is 0 Å². The summed E-state index contributed by atoms with van der Waals surface area (Å²) >= 11 is 0. The molecule has 3 rings (SSSR count). The van der Waals surface area contributed by atoms with Crippen LogP contribution in [0.2, 0.25) is 0 Å². The quantitative estimate of drug-likeness (QED) is 0.785. The lowest BCUT2D eigenvalue weighted by molar-refractivity contribution is 0.0922. The van der Waals surface area contributed by atoms with Crippen LogP contribution in [0, 0.1) is 18.8 Å². The molecular formula is C15H20N2O. The third-order valence-corrected chi connectivity index (χ3v) is 4.56. The summed E-state index contributed by atoms with van der Waals surface area (Å²) in [6, 6.07) is 5.91. The fourth-order valence-electron chi connectivity index (χ4n) is 3.55. The Balaban J connectivity index is 1.73. The van der Waals surface area contributed by atoms with Gasteiger partial charge in [-0.2, -0.15) is 0 Å². The molecule has 2 bridgehead atoms. The van der Waals surface area contributed by atoms with Gasteiger partial charge in [0.1, 0.15) is 0 Å². The van der Waals surface area contributed by atoms with Crippen LogP contribution in [0.3, 0.4) is 0 Å². The van der Waals surface area contributed by atoms with Gasteiger partial charge in [-0.25, -0.2) is 0 Å². The maximum atomic E-state index is 12.3. The summed E-state index contributed by atoms with van der Waals surface area (Å²) in [5.74, 6) is 1.60. The monoisotopic (exact) mass is 244 g/mol. The van der Waals surface area contributed by atoms with Crippen LogP contribution in [-0.2, 0) is 0 Å². The number of carbonyl (C=O) groups is 1. The Kier molecular flexibility index (Phi) is 2.77. The molecule has 3 nitrogen and oxygen atoms in total. The Bertz CT molecular complexity index is 483. The molecule has 96 valence electrons. The molecule has 0 aromatic heterocycles. The maximum absolute atomic E-state index is 12.3. The number of anilines is 1. The van der Waals surface area contributed by atoms with Gasteiger partial charge in [-0.05, 0) is 55.7 Å². The van der Waals surface area contributed by atoms with Crippen molar-refractivity contribution in [3.8, 4) is 0 Å². The number of hydrogen-bond donors (Lipinski definition) is 2. The molecule has 3 heteroatoms. The average Bonchev–Trinajstić information content (AvgIpc) is 2.94. The third-order valence-electron chi connectivity index (χ3n) is 4.56. The van der Waals surface area contributed by atoms with Crippen molar-refractivity contribution in [2.75, 3.05) is 5.73 Å². The van der Waals surface area contributed by atoms with E-state index in [1.54, 1.807) is 6.07 Å². The van der Waals surface area contributed by atoms with Crippen LogP contribution in [0.1, 0.15) is 41.6 Å². The molecule has 18 heavy (non-hydrogen) atoms. The highest BCUT2D eigenvalue weighted by atomic mass is 16.1. The predicted molar refractivity (Wildman–Crippen MR) is 72.3 cm³/mol. The minimum Gasteiger partial charge on any atom is -0.399 e. The fourth-order valence-corrected chi connectivity index (χ4v) is 3.55. The lowest BCUT2D eigenvalue weighted by atomic mass is 9.95. The number of carbonyl (C=O) groups excluding carboxylic acids is 1. The molecule has 1 aromatic carbocycles. The van der Waals surface area contributed by atoms with E-state index in [-0.39, 0.29) is 5.91 Å². The summed E-state index contributed by atoms with van der Waals surface area (Å²) in [5, 5.41) is 3.20. The summed E-state index contributed by atoms with van der Waals surface area (Å²) in [6.07, 6.45) is 5.11. The lowest BCUT2D eigenvalue weighted by Gasteiger charge is -2.23. The highest BCUT2D eigenvalue weighted by Crippen LogP contribution is 2.44. The number of aryl methyl sites for hydroxylation is 1. The minimum absolute atomic E-state index is 0.0392. The second kappa shape index (κ2) is 4.30. The SMILES string of the molecule is Cc1ccc(N)cc1C(=O)NC1CC2CCC1C2. The van der Waals surface area contributed by atoms with Crippen LogP contribution in [0.15, 0.2) is 18.2 Å². The molecule has 0 spiro atoms. The van der Waals surface area contributed by atoms with E-state index < -0.39 is 0 Å². The van der Waals surface area contributed by atoms with E-state index in [2.05, 4.69) is 5.32 Å². The number of hydrogen-bond acceptors (Lipinski definition) is 2. The van der Waals surface area contributed by atoms with Crippen molar-refractivity contribution in [3.63, 3.8) is 0 Å². The molecule has 2 aliphatic rings. The van der Waals surface area contributed by atoms with Crippen LogP contribution in [0.4, 0.5) is 5.69 Å². The molecular weight excluding hydrogens is 224 g/mol. The van der Waals surface area contributed by atoms with E-state index in [1.807, 2.05) is 19.1 Å². The zero-order valence-electron chi connectivity index (χ0n) is 10.8. The van der Waals surface area contributed by atoms with Gasteiger partial charge in [0.25, 0.3) is 5.91 Å². The van der Waals surface area contributed by atoms with E-state index in [9.17, 15) is 4.79 Å². The number of benzene rings is 1. The normalized spacial score (nSPS) is 29.5. The topological polar surface area (TPSA) is 55.1 Å². The van der Waals surface area contributed by atoms with Crippen LogP contribution in [0.25, 0.3) is 0 Å². The van der Waals surface area contributed by atoms with Crippen molar-refractivity contribution in [2.45, 2.75) is 38.6 Å². The first-order valence-corrected chi connectivity index (χ1v) is 6.80. The van der Waals surface area contributed by atoms with Gasteiger partial charge in [0.2, 0.25) is 0 Å². The van der Waals surface area contributed by atoms with Crippen LogP contribution >= 0.6 is 0 Å². The second-order valence-electron chi connectivity index (χ2n) is 5.83. The highest BCUT2D eigenvalue weighted by molar-refractivity contribution is 5.96. The minimum atomic E-state index is 0.0392. The molecule has 0 aliphatic heterocycles. The van der Waals surface area contributed by atoms with E-state index in [0.29, 0.717) is 17.6 Å². The first-order valence-electron chi connectivity index (χ1n) is 6.80. The summed E-state index contributed by atoms with van der Waals surface area (Å²) < 4.78 is 0. The zero-order chi connectivity index (χ0) is 12.7. The van der Waals surface area contributed by atoms with Gasteiger partial charge in [-0.1, -0.05) is 12.5 Å². The molecule has 2 fully saturated rings. The number of fused-ring (bicyclic) bond motifs is 2. The molecule has 0 saturated heterocycles. The Morgan fingerprint density at radius 3 is 2.83 bits per heavy atom. The van der Waals surface area contributed by atoms with Crippen molar-refractivity contribution in [2.24, 2.45) is 11.8 Å². The Morgan fingerprint density at radius 2 is 2.17 bits per heavy atom. The van der Waals surface area contributed by atoms with E-state index in [4.69, 9.17) is 5.73 Å². The van der Waals surface area contributed by atoms with Crippen LogP contribution < -0.4 is 11.1 Å². The molecule has 2 aliphatic carbocycles. The van der Waals surface area contributed by atoms with E-state index in [0.717, 1.165) is 23.5 Å². The summed E-state index contributed by atoms with van der Waals surface area (Å²) in [5.41, 5.74) is 8.12. The number of nitrogens with two attached hydrogens (primary N) is 1. The summed E-state index contributed by atoms with van der Waals surface area (Å²) in [4.78, 5) is 12.3. The number of amides is 1. The Hall–Kier alpha value is -1.51. The van der Waals surface area contributed by atoms with Gasteiger partial charge in [0, 0.05) is 17.3 Å². The maximum Gasteiger partial charge on any atom is 0.251 e. The number of nitrogens with one attached hydrogen (secondary N) is 1. The largest absolute Gasteiger partial charge is 0.399 e. The van der Waals surface area contributed by atoms with Crippen LogP contribution in [0.5, 0.6) is 0 Å². The molecule has 3 atom stereocenters. The molecule has 0 heterocycles. The molecule has 3 unspecified atom stereocenters. The molecule has 3 N–H and O–H groups in total. The summed E-state index contributed by atoms with van der Waals surface area (Å²) in [6.45, 7) is 1.95. The van der Waals surface area contributed by atoms with Crippen LogP contribution in [-0.4, -0.2) is 11.9 Å². The van der Waals surface area contributed by atoms with Crippen molar-refractivity contribution in [3.05, 3.63) is 29.3 Å². The van der Waals surface area contributed by atoms with Crippen molar-refractivity contribution >= 4 is 11.6 Å². The average molecular weight is 244 g/mol. The van der Waals surface area contributed by atoms with Gasteiger partial charge in [-0.3, -0.25) is 4.79 Å². The molecule has 1 aromatic rings.